The van der Waals surface area contributed by atoms with Gasteiger partial charge in [0.15, 0.2) is 5.82 Å². The normalized spacial score (nSPS) is 17.1. The number of aromatic nitrogens is 6. The van der Waals surface area contributed by atoms with E-state index in [2.05, 4.69) is 25.0 Å². The first-order valence-corrected chi connectivity index (χ1v) is 10.6. The molecule has 1 aliphatic carbocycles. The fraction of sp³-hybridized carbons (Fsp3) is 0.364. The molecular formula is C22H20F3N7O2. The highest BCUT2D eigenvalue weighted by molar-refractivity contribution is 6.23. The van der Waals surface area contributed by atoms with Crippen molar-refractivity contribution in [1.29, 1.82) is 0 Å². The molecule has 1 aliphatic heterocycles. The first kappa shape index (κ1) is 22.1. The first-order chi connectivity index (χ1) is 16.3. The predicted molar refractivity (Wildman–Crippen MR) is 114 cm³/mol. The number of alkyl halides is 3. The van der Waals surface area contributed by atoms with Gasteiger partial charge in [-0.1, -0.05) is 0 Å². The van der Waals surface area contributed by atoms with Crippen LogP contribution in [0.15, 0.2) is 37.2 Å². The Morgan fingerprint density at radius 3 is 2.56 bits per heavy atom. The summed E-state index contributed by atoms with van der Waals surface area (Å²) in [5.41, 5.74) is 0.389. The van der Waals surface area contributed by atoms with Crippen molar-refractivity contribution in [1.82, 2.24) is 34.6 Å². The molecule has 0 N–H and O–H groups in total. The third kappa shape index (κ3) is 4.53. The van der Waals surface area contributed by atoms with Gasteiger partial charge in [-0.2, -0.15) is 13.2 Å². The summed E-state index contributed by atoms with van der Waals surface area (Å²) in [6, 6.07) is 2.54. The van der Waals surface area contributed by atoms with Crippen LogP contribution in [0, 0.1) is 0 Å². The SMILES string of the molecule is COC1CN(C(=O)/C(=C/n2cnc(-c3cc(C4CC4)nc(C(F)(F)F)c3)n2)c2cncnc2)C1. The smallest absolute Gasteiger partial charge is 0.378 e. The molecule has 0 unspecified atom stereocenters. The van der Waals surface area contributed by atoms with Crippen LogP contribution in [0.5, 0.6) is 0 Å². The van der Waals surface area contributed by atoms with Gasteiger partial charge in [-0.15, -0.1) is 5.10 Å². The Labute approximate surface area is 192 Å². The minimum Gasteiger partial charge on any atom is -0.378 e. The Hall–Kier alpha value is -3.67. The van der Waals surface area contributed by atoms with E-state index in [0.717, 1.165) is 18.9 Å². The van der Waals surface area contributed by atoms with Crippen LogP contribution in [0.2, 0.25) is 0 Å². The summed E-state index contributed by atoms with van der Waals surface area (Å²) in [5.74, 6) is -0.136. The number of hydrogen-bond acceptors (Lipinski definition) is 7. The second-order valence-electron chi connectivity index (χ2n) is 8.22. The topological polar surface area (TPSA) is 98.9 Å². The first-order valence-electron chi connectivity index (χ1n) is 10.6. The maximum atomic E-state index is 13.4. The standard InChI is InChI=1S/C22H20F3N7O2/c1-34-16-8-31(9-16)21(33)17(15-6-26-11-27-7-15)10-32-12-28-20(30-32)14-4-18(13-2-3-13)29-19(5-14)22(23,24)25/h4-7,10-13,16H,2-3,8-9H2,1H3/b17-10+. The van der Waals surface area contributed by atoms with E-state index in [1.165, 1.54) is 35.9 Å². The fourth-order valence-corrected chi connectivity index (χ4v) is 3.63. The number of rotatable bonds is 6. The number of halogens is 3. The van der Waals surface area contributed by atoms with Gasteiger partial charge in [-0.05, 0) is 25.0 Å². The van der Waals surface area contributed by atoms with Gasteiger partial charge in [0.05, 0.1) is 11.7 Å². The lowest BCUT2D eigenvalue weighted by Crippen LogP contribution is -2.54. The van der Waals surface area contributed by atoms with Crippen molar-refractivity contribution in [2.24, 2.45) is 0 Å². The highest BCUT2D eigenvalue weighted by Crippen LogP contribution is 2.41. The monoisotopic (exact) mass is 471 g/mol. The van der Waals surface area contributed by atoms with Crippen LogP contribution in [-0.2, 0) is 15.7 Å². The van der Waals surface area contributed by atoms with Gasteiger partial charge in [0, 0.05) is 61.5 Å². The lowest BCUT2D eigenvalue weighted by atomic mass is 10.1. The maximum absolute atomic E-state index is 13.4. The van der Waals surface area contributed by atoms with Gasteiger partial charge in [-0.3, -0.25) is 4.79 Å². The summed E-state index contributed by atoms with van der Waals surface area (Å²) in [6.45, 7) is 0.897. The number of ether oxygens (including phenoxy) is 1. The van der Waals surface area contributed by atoms with Gasteiger partial charge < -0.3 is 9.64 Å². The second-order valence-corrected chi connectivity index (χ2v) is 8.22. The highest BCUT2D eigenvalue weighted by atomic mass is 19.4. The number of methoxy groups -OCH3 is 1. The number of hydrogen-bond donors (Lipinski definition) is 0. The predicted octanol–water partition coefficient (Wildman–Crippen LogP) is 2.88. The van der Waals surface area contributed by atoms with E-state index in [0.29, 0.717) is 24.3 Å². The van der Waals surface area contributed by atoms with Crippen LogP contribution in [0.3, 0.4) is 0 Å². The van der Waals surface area contributed by atoms with Crippen molar-refractivity contribution < 1.29 is 22.7 Å². The number of amides is 1. The molecule has 3 aromatic heterocycles. The Morgan fingerprint density at radius 1 is 1.18 bits per heavy atom. The molecule has 1 saturated heterocycles. The number of pyridine rings is 1. The van der Waals surface area contributed by atoms with Crippen molar-refractivity contribution in [3.8, 4) is 11.4 Å². The Morgan fingerprint density at radius 2 is 1.91 bits per heavy atom. The summed E-state index contributed by atoms with van der Waals surface area (Å²) in [6.07, 6.45) is 4.17. The van der Waals surface area contributed by atoms with Gasteiger partial charge >= 0.3 is 6.18 Å². The molecule has 0 spiro atoms. The number of nitrogens with zero attached hydrogens (tertiary/aromatic N) is 7. The number of carbonyl (C=O) groups is 1. The molecule has 2 fully saturated rings. The molecule has 0 atom stereocenters. The molecule has 0 aromatic carbocycles. The molecule has 4 heterocycles. The van der Waals surface area contributed by atoms with Gasteiger partial charge in [0.1, 0.15) is 18.3 Å². The van der Waals surface area contributed by atoms with Gasteiger partial charge in [0.2, 0.25) is 0 Å². The number of carbonyl (C=O) groups excluding carboxylic acids is 1. The number of likely N-dealkylation sites (tertiary alicyclic amines) is 1. The molecular weight excluding hydrogens is 451 g/mol. The average Bonchev–Trinajstić information content (AvgIpc) is 3.54. The lowest BCUT2D eigenvalue weighted by Gasteiger charge is -2.38. The van der Waals surface area contributed by atoms with Crippen LogP contribution in [0.1, 0.15) is 35.7 Å². The zero-order chi connectivity index (χ0) is 23.9. The van der Waals surface area contributed by atoms with Crippen molar-refractivity contribution >= 4 is 17.7 Å². The van der Waals surface area contributed by atoms with E-state index < -0.39 is 11.9 Å². The minimum atomic E-state index is -4.58. The summed E-state index contributed by atoms with van der Waals surface area (Å²) in [5, 5.41) is 4.30. The third-order valence-electron chi connectivity index (χ3n) is 5.73. The molecule has 5 rings (SSSR count). The summed E-state index contributed by atoms with van der Waals surface area (Å²) < 4.78 is 46.7. The lowest BCUT2D eigenvalue weighted by molar-refractivity contribution is -0.141. The van der Waals surface area contributed by atoms with Crippen LogP contribution in [0.25, 0.3) is 23.2 Å². The van der Waals surface area contributed by atoms with Crippen molar-refractivity contribution in [2.75, 3.05) is 20.2 Å². The Bertz CT molecular complexity index is 1230. The maximum Gasteiger partial charge on any atom is 0.433 e. The molecule has 1 saturated carbocycles. The summed E-state index contributed by atoms with van der Waals surface area (Å²) in [4.78, 5) is 30.6. The molecule has 1 amide bonds. The third-order valence-corrected chi connectivity index (χ3v) is 5.73. The van der Waals surface area contributed by atoms with E-state index in [1.54, 1.807) is 18.1 Å². The van der Waals surface area contributed by atoms with E-state index in [-0.39, 0.29) is 34.9 Å². The van der Waals surface area contributed by atoms with E-state index in [9.17, 15) is 18.0 Å². The van der Waals surface area contributed by atoms with Crippen LogP contribution >= 0.6 is 0 Å². The molecule has 9 nitrogen and oxygen atoms in total. The van der Waals surface area contributed by atoms with Crippen LogP contribution < -0.4 is 0 Å². The molecule has 12 heteroatoms. The Kier molecular flexibility index (Phi) is 5.60. The highest BCUT2D eigenvalue weighted by Gasteiger charge is 2.36. The van der Waals surface area contributed by atoms with E-state index in [1.807, 2.05) is 0 Å². The quantitative estimate of drug-likeness (QED) is 0.510. The van der Waals surface area contributed by atoms with Crippen LogP contribution in [-0.4, -0.2) is 66.8 Å². The zero-order valence-corrected chi connectivity index (χ0v) is 18.1. The zero-order valence-electron chi connectivity index (χ0n) is 18.1. The second kappa shape index (κ2) is 8.60. The summed E-state index contributed by atoms with van der Waals surface area (Å²) >= 11 is 0. The van der Waals surface area contributed by atoms with E-state index in [4.69, 9.17) is 4.74 Å². The molecule has 176 valence electrons. The van der Waals surface area contributed by atoms with Gasteiger partial charge in [-0.25, -0.2) is 24.6 Å². The minimum absolute atomic E-state index is 0.0228. The molecule has 0 radical (unpaired) electrons. The average molecular weight is 471 g/mol. The molecule has 3 aromatic rings. The fourth-order valence-electron chi connectivity index (χ4n) is 3.63. The Balaban J connectivity index is 1.48. The van der Waals surface area contributed by atoms with Crippen molar-refractivity contribution in [3.63, 3.8) is 0 Å². The van der Waals surface area contributed by atoms with Crippen molar-refractivity contribution in [3.05, 3.63) is 54.1 Å². The molecule has 34 heavy (non-hydrogen) atoms. The molecule has 0 bridgehead atoms. The van der Waals surface area contributed by atoms with Gasteiger partial charge in [0.25, 0.3) is 5.91 Å². The molecule has 2 aliphatic rings. The van der Waals surface area contributed by atoms with E-state index >= 15 is 0 Å². The largest absolute Gasteiger partial charge is 0.433 e. The van der Waals surface area contributed by atoms with Crippen LogP contribution in [0.4, 0.5) is 13.2 Å². The van der Waals surface area contributed by atoms with Crippen molar-refractivity contribution in [2.45, 2.75) is 31.0 Å². The summed E-state index contributed by atoms with van der Waals surface area (Å²) in [7, 11) is 1.59.